The SMILES string of the molecule is CCC1CC(C(=O)O)N(S(=O)(=O)c2ccc([N+](=O)[O-])cc2)C1=O. The Morgan fingerprint density at radius 1 is 1.39 bits per heavy atom. The molecule has 1 aliphatic heterocycles. The molecular formula is C13H14N2O7S. The van der Waals surface area contributed by atoms with Gasteiger partial charge in [0, 0.05) is 18.1 Å². The quantitative estimate of drug-likeness (QED) is 0.622. The molecule has 1 N–H and O–H groups in total. The summed E-state index contributed by atoms with van der Waals surface area (Å²) < 4.78 is 25.5. The molecule has 0 saturated carbocycles. The zero-order chi connectivity index (χ0) is 17.4. The summed E-state index contributed by atoms with van der Waals surface area (Å²) in [6.45, 7) is 1.67. The number of amides is 1. The lowest BCUT2D eigenvalue weighted by molar-refractivity contribution is -0.384. The molecule has 0 aliphatic carbocycles. The van der Waals surface area contributed by atoms with Crippen LogP contribution in [0.1, 0.15) is 19.8 Å². The average Bonchev–Trinajstić information content (AvgIpc) is 2.85. The van der Waals surface area contributed by atoms with Crippen molar-refractivity contribution in [3.63, 3.8) is 0 Å². The second-order valence-corrected chi connectivity index (χ2v) is 6.90. The summed E-state index contributed by atoms with van der Waals surface area (Å²) in [5.41, 5.74) is -0.307. The van der Waals surface area contributed by atoms with Crippen molar-refractivity contribution in [1.82, 2.24) is 4.31 Å². The summed E-state index contributed by atoms with van der Waals surface area (Å²) in [5.74, 6) is -2.85. The van der Waals surface area contributed by atoms with E-state index in [4.69, 9.17) is 0 Å². The van der Waals surface area contributed by atoms with Gasteiger partial charge in [0.05, 0.1) is 9.82 Å². The van der Waals surface area contributed by atoms with Crippen LogP contribution in [-0.4, -0.2) is 40.7 Å². The third kappa shape index (κ3) is 2.89. The zero-order valence-electron chi connectivity index (χ0n) is 12.1. The van der Waals surface area contributed by atoms with E-state index in [1.54, 1.807) is 6.92 Å². The van der Waals surface area contributed by atoms with Gasteiger partial charge in [-0.15, -0.1) is 0 Å². The maximum Gasteiger partial charge on any atom is 0.327 e. The summed E-state index contributed by atoms with van der Waals surface area (Å²) in [6, 6.07) is 2.48. The zero-order valence-corrected chi connectivity index (χ0v) is 12.9. The minimum Gasteiger partial charge on any atom is -0.480 e. The number of carboxylic acids is 1. The number of carboxylic acid groups (broad SMARTS) is 1. The molecule has 1 aromatic carbocycles. The lowest BCUT2D eigenvalue weighted by Gasteiger charge is -2.21. The number of nitro groups is 1. The molecule has 0 bridgehead atoms. The summed E-state index contributed by atoms with van der Waals surface area (Å²) in [5, 5.41) is 19.8. The van der Waals surface area contributed by atoms with E-state index in [9.17, 15) is 33.2 Å². The van der Waals surface area contributed by atoms with Gasteiger partial charge in [-0.1, -0.05) is 6.92 Å². The fourth-order valence-electron chi connectivity index (χ4n) is 2.48. The first-order valence-electron chi connectivity index (χ1n) is 6.75. The standard InChI is InChI=1S/C13H14N2O7S/c1-2-8-7-11(13(17)18)14(12(8)16)23(21,22)10-5-3-9(4-6-10)15(19)20/h3-6,8,11H,2,7H2,1H3,(H,17,18). The van der Waals surface area contributed by atoms with Gasteiger partial charge >= 0.3 is 5.97 Å². The van der Waals surface area contributed by atoms with E-state index in [1.165, 1.54) is 0 Å². The van der Waals surface area contributed by atoms with Crippen LogP contribution in [0, 0.1) is 16.0 Å². The number of sulfonamides is 1. The third-order valence-corrected chi connectivity index (χ3v) is 5.56. The van der Waals surface area contributed by atoms with Crippen LogP contribution in [0.3, 0.4) is 0 Å². The maximum absolute atomic E-state index is 12.6. The first kappa shape index (κ1) is 16.9. The van der Waals surface area contributed by atoms with Crippen molar-refractivity contribution >= 4 is 27.6 Å². The van der Waals surface area contributed by atoms with Gasteiger partial charge in [-0.3, -0.25) is 14.9 Å². The van der Waals surface area contributed by atoms with E-state index in [-0.39, 0.29) is 17.0 Å². The predicted octanol–water partition coefficient (Wildman–Crippen LogP) is 0.995. The van der Waals surface area contributed by atoms with Crippen molar-refractivity contribution in [2.75, 3.05) is 0 Å². The number of carbonyl (C=O) groups excluding carboxylic acids is 1. The van der Waals surface area contributed by atoms with E-state index in [2.05, 4.69) is 0 Å². The van der Waals surface area contributed by atoms with Gasteiger partial charge in [-0.05, 0) is 25.0 Å². The van der Waals surface area contributed by atoms with Crippen LogP contribution in [0.5, 0.6) is 0 Å². The summed E-state index contributed by atoms with van der Waals surface area (Å²) in [7, 11) is -4.39. The third-order valence-electron chi connectivity index (χ3n) is 3.74. The van der Waals surface area contributed by atoms with Crippen LogP contribution in [0.2, 0.25) is 0 Å². The van der Waals surface area contributed by atoms with Crippen molar-refractivity contribution in [3.05, 3.63) is 34.4 Å². The molecule has 2 rings (SSSR count). The second kappa shape index (κ2) is 5.95. The van der Waals surface area contributed by atoms with Gasteiger partial charge in [0.25, 0.3) is 15.7 Å². The minimum absolute atomic E-state index is 0.0864. The van der Waals surface area contributed by atoms with Crippen molar-refractivity contribution in [2.45, 2.75) is 30.7 Å². The monoisotopic (exact) mass is 342 g/mol. The minimum atomic E-state index is -4.39. The molecule has 1 amide bonds. The summed E-state index contributed by atoms with van der Waals surface area (Å²) in [4.78, 5) is 33.1. The molecule has 1 saturated heterocycles. The molecule has 1 heterocycles. The van der Waals surface area contributed by atoms with Crippen molar-refractivity contribution in [2.24, 2.45) is 5.92 Å². The van der Waals surface area contributed by atoms with Gasteiger partial charge in [0.15, 0.2) is 0 Å². The van der Waals surface area contributed by atoms with Crippen molar-refractivity contribution in [3.8, 4) is 0 Å². The van der Waals surface area contributed by atoms with Crippen LogP contribution in [0.15, 0.2) is 29.2 Å². The molecule has 1 aliphatic rings. The van der Waals surface area contributed by atoms with Gasteiger partial charge in [0.1, 0.15) is 6.04 Å². The molecule has 0 aromatic heterocycles. The molecular weight excluding hydrogens is 328 g/mol. The van der Waals surface area contributed by atoms with Gasteiger partial charge < -0.3 is 5.11 Å². The predicted molar refractivity (Wildman–Crippen MR) is 77.0 cm³/mol. The Morgan fingerprint density at radius 2 is 1.96 bits per heavy atom. The lowest BCUT2D eigenvalue weighted by atomic mass is 10.0. The van der Waals surface area contributed by atoms with Crippen molar-refractivity contribution in [1.29, 1.82) is 0 Å². The highest BCUT2D eigenvalue weighted by Crippen LogP contribution is 2.33. The van der Waals surface area contributed by atoms with Crippen molar-refractivity contribution < 1.29 is 28.0 Å². The Labute approximate surface area is 131 Å². The van der Waals surface area contributed by atoms with Crippen LogP contribution in [0.25, 0.3) is 0 Å². The largest absolute Gasteiger partial charge is 0.480 e. The van der Waals surface area contributed by atoms with E-state index >= 15 is 0 Å². The van der Waals surface area contributed by atoms with E-state index < -0.39 is 38.8 Å². The number of non-ortho nitro benzene ring substituents is 1. The first-order chi connectivity index (χ1) is 10.7. The van der Waals surface area contributed by atoms with Gasteiger partial charge in [0.2, 0.25) is 5.91 Å². The summed E-state index contributed by atoms with van der Waals surface area (Å²) in [6.07, 6.45) is 0.242. The Kier molecular flexibility index (Phi) is 4.37. The molecule has 0 spiro atoms. The number of aliphatic carboxylic acids is 1. The molecule has 1 fully saturated rings. The second-order valence-electron chi connectivity index (χ2n) is 5.09. The Balaban J connectivity index is 2.46. The van der Waals surface area contributed by atoms with Gasteiger partial charge in [-0.2, -0.15) is 0 Å². The number of nitro benzene ring substituents is 1. The lowest BCUT2D eigenvalue weighted by Crippen LogP contribution is -2.43. The average molecular weight is 342 g/mol. The van der Waals surface area contributed by atoms with E-state index in [0.717, 1.165) is 24.3 Å². The smallest absolute Gasteiger partial charge is 0.327 e. The van der Waals surface area contributed by atoms with Crippen LogP contribution < -0.4 is 0 Å². The molecule has 2 atom stereocenters. The molecule has 9 nitrogen and oxygen atoms in total. The Bertz CT molecular complexity index is 757. The number of hydrogen-bond acceptors (Lipinski definition) is 6. The number of nitrogens with zero attached hydrogens (tertiary/aromatic N) is 2. The molecule has 124 valence electrons. The topological polar surface area (TPSA) is 135 Å². The Hall–Kier alpha value is -2.49. The normalized spacial score (nSPS) is 21.4. The number of hydrogen-bond donors (Lipinski definition) is 1. The molecule has 0 radical (unpaired) electrons. The molecule has 23 heavy (non-hydrogen) atoms. The fraction of sp³-hybridized carbons (Fsp3) is 0.385. The molecule has 10 heteroatoms. The van der Waals surface area contributed by atoms with E-state index in [0.29, 0.717) is 10.7 Å². The molecule has 2 unspecified atom stereocenters. The summed E-state index contributed by atoms with van der Waals surface area (Å²) >= 11 is 0. The van der Waals surface area contributed by atoms with Crippen LogP contribution in [0.4, 0.5) is 5.69 Å². The van der Waals surface area contributed by atoms with Crippen LogP contribution in [-0.2, 0) is 19.6 Å². The highest BCUT2D eigenvalue weighted by atomic mass is 32.2. The van der Waals surface area contributed by atoms with Crippen LogP contribution >= 0.6 is 0 Å². The van der Waals surface area contributed by atoms with Gasteiger partial charge in [-0.25, -0.2) is 17.5 Å². The van der Waals surface area contributed by atoms with E-state index in [1.807, 2.05) is 0 Å². The highest BCUT2D eigenvalue weighted by molar-refractivity contribution is 7.89. The maximum atomic E-state index is 12.6. The number of rotatable bonds is 5. The first-order valence-corrected chi connectivity index (χ1v) is 8.19. The highest BCUT2D eigenvalue weighted by Gasteiger charge is 2.49. The number of carbonyl (C=O) groups is 2. The molecule has 1 aromatic rings. The fourth-order valence-corrected chi connectivity index (χ4v) is 4.09. The number of benzene rings is 1. The Morgan fingerprint density at radius 3 is 2.39 bits per heavy atom.